The summed E-state index contributed by atoms with van der Waals surface area (Å²) in [5, 5.41) is 0. The molecule has 0 amide bonds. The number of nitrogens with zero attached hydrogens (tertiary/aromatic N) is 4. The normalized spacial score (nSPS) is 17.7. The van der Waals surface area contributed by atoms with Gasteiger partial charge in [-0.05, 0) is 33.6 Å². The molecule has 1 aromatic heterocycles. The second-order valence-electron chi connectivity index (χ2n) is 7.61. The minimum absolute atomic E-state index is 0.0222. The van der Waals surface area contributed by atoms with Gasteiger partial charge in [-0.25, -0.2) is 9.97 Å². The first-order chi connectivity index (χ1) is 14.0. The highest BCUT2D eigenvalue weighted by atomic mass is 16.5. The van der Waals surface area contributed by atoms with E-state index in [-0.39, 0.29) is 17.9 Å². The van der Waals surface area contributed by atoms with E-state index in [9.17, 15) is 9.59 Å². The first-order valence-electron chi connectivity index (χ1n) is 10.7. The van der Waals surface area contributed by atoms with Crippen LogP contribution >= 0.6 is 0 Å². The van der Waals surface area contributed by atoms with Gasteiger partial charge in [-0.1, -0.05) is 0 Å². The molecule has 0 saturated carbocycles. The fourth-order valence-corrected chi connectivity index (χ4v) is 4.10. The van der Waals surface area contributed by atoms with Gasteiger partial charge in [0.15, 0.2) is 0 Å². The Balaban J connectivity index is 1.68. The minimum Gasteiger partial charge on any atom is -0.466 e. The summed E-state index contributed by atoms with van der Waals surface area (Å²) in [5.74, 6) is 1.51. The standard InChI is InChI=1S/C21H32N4O4/c1-4-28-19(26)9-11-24-10-8-18-17(14-24)20(23-15(3)22-18)25-12-6-16(7-13-25)21(27)29-5-2/h16H,4-14H2,1-3H3. The summed E-state index contributed by atoms with van der Waals surface area (Å²) in [7, 11) is 0. The predicted octanol–water partition coefficient (Wildman–Crippen LogP) is 1.88. The van der Waals surface area contributed by atoms with E-state index >= 15 is 0 Å². The van der Waals surface area contributed by atoms with E-state index in [1.165, 1.54) is 0 Å². The van der Waals surface area contributed by atoms with Gasteiger partial charge in [0.05, 0.1) is 31.2 Å². The smallest absolute Gasteiger partial charge is 0.309 e. The Kier molecular flexibility index (Phi) is 7.41. The molecule has 0 N–H and O–H groups in total. The highest BCUT2D eigenvalue weighted by molar-refractivity contribution is 5.73. The molecule has 0 radical (unpaired) electrons. The molecular formula is C21H32N4O4. The fraction of sp³-hybridized carbons (Fsp3) is 0.714. The van der Waals surface area contributed by atoms with Gasteiger partial charge in [-0.3, -0.25) is 14.5 Å². The Morgan fingerprint density at radius 2 is 1.79 bits per heavy atom. The van der Waals surface area contributed by atoms with Crippen LogP contribution in [0.2, 0.25) is 0 Å². The van der Waals surface area contributed by atoms with Gasteiger partial charge in [0, 0.05) is 44.7 Å². The van der Waals surface area contributed by atoms with E-state index in [1.807, 2.05) is 20.8 Å². The van der Waals surface area contributed by atoms with Gasteiger partial charge in [0.25, 0.3) is 0 Å². The molecule has 8 nitrogen and oxygen atoms in total. The largest absolute Gasteiger partial charge is 0.466 e. The van der Waals surface area contributed by atoms with Crippen LogP contribution in [0.1, 0.15) is 50.2 Å². The summed E-state index contributed by atoms with van der Waals surface area (Å²) >= 11 is 0. The van der Waals surface area contributed by atoms with Crippen molar-refractivity contribution in [1.82, 2.24) is 14.9 Å². The highest BCUT2D eigenvalue weighted by Gasteiger charge is 2.30. The number of carbonyl (C=O) groups excluding carboxylic acids is 2. The molecule has 29 heavy (non-hydrogen) atoms. The zero-order valence-corrected chi connectivity index (χ0v) is 17.8. The van der Waals surface area contributed by atoms with Crippen molar-refractivity contribution in [2.75, 3.05) is 44.3 Å². The predicted molar refractivity (Wildman–Crippen MR) is 109 cm³/mol. The zero-order valence-electron chi connectivity index (χ0n) is 17.8. The van der Waals surface area contributed by atoms with Crippen molar-refractivity contribution in [3.05, 3.63) is 17.1 Å². The lowest BCUT2D eigenvalue weighted by Crippen LogP contribution is -2.40. The lowest BCUT2D eigenvalue weighted by molar-refractivity contribution is -0.148. The van der Waals surface area contributed by atoms with Crippen LogP contribution in [0.25, 0.3) is 0 Å². The van der Waals surface area contributed by atoms with E-state index in [2.05, 4.69) is 14.8 Å². The van der Waals surface area contributed by atoms with Crippen LogP contribution in [0.5, 0.6) is 0 Å². The molecule has 3 rings (SSSR count). The third kappa shape index (κ3) is 5.44. The Morgan fingerprint density at radius 1 is 1.07 bits per heavy atom. The minimum atomic E-state index is -0.153. The van der Waals surface area contributed by atoms with E-state index in [1.54, 1.807) is 0 Å². The molecule has 0 atom stereocenters. The third-order valence-corrected chi connectivity index (χ3v) is 5.58. The molecule has 0 bridgehead atoms. The summed E-state index contributed by atoms with van der Waals surface area (Å²) < 4.78 is 10.2. The van der Waals surface area contributed by atoms with Crippen LogP contribution in [0.3, 0.4) is 0 Å². The van der Waals surface area contributed by atoms with E-state index in [0.717, 1.165) is 68.3 Å². The molecule has 0 aromatic carbocycles. The average Bonchev–Trinajstić information content (AvgIpc) is 2.72. The number of esters is 2. The Morgan fingerprint density at radius 3 is 2.48 bits per heavy atom. The van der Waals surface area contributed by atoms with Gasteiger partial charge in [-0.2, -0.15) is 0 Å². The third-order valence-electron chi connectivity index (χ3n) is 5.58. The number of fused-ring (bicyclic) bond motifs is 1. The van der Waals surface area contributed by atoms with Crippen molar-refractivity contribution < 1.29 is 19.1 Å². The van der Waals surface area contributed by atoms with E-state index in [0.29, 0.717) is 26.2 Å². The molecular weight excluding hydrogens is 372 g/mol. The maximum absolute atomic E-state index is 12.0. The molecule has 1 aromatic rings. The summed E-state index contributed by atoms with van der Waals surface area (Å²) in [6.07, 6.45) is 2.82. The van der Waals surface area contributed by atoms with Crippen LogP contribution in [0.4, 0.5) is 5.82 Å². The molecule has 2 aliphatic heterocycles. The quantitative estimate of drug-likeness (QED) is 0.637. The number of hydrogen-bond donors (Lipinski definition) is 0. The van der Waals surface area contributed by atoms with Crippen LogP contribution in [-0.2, 0) is 32.0 Å². The summed E-state index contributed by atoms with van der Waals surface area (Å²) in [5.41, 5.74) is 2.26. The molecule has 0 unspecified atom stereocenters. The molecule has 8 heteroatoms. The number of piperidine rings is 1. The van der Waals surface area contributed by atoms with Gasteiger partial charge < -0.3 is 14.4 Å². The summed E-state index contributed by atoms with van der Waals surface area (Å²) in [6.45, 7) is 10.3. The number of anilines is 1. The zero-order chi connectivity index (χ0) is 20.8. The van der Waals surface area contributed by atoms with Crippen LogP contribution in [-0.4, -0.2) is 66.2 Å². The Labute approximate surface area is 172 Å². The van der Waals surface area contributed by atoms with Gasteiger partial charge >= 0.3 is 11.9 Å². The first kappa shape index (κ1) is 21.5. The molecule has 0 spiro atoms. The van der Waals surface area contributed by atoms with Crippen molar-refractivity contribution in [3.63, 3.8) is 0 Å². The van der Waals surface area contributed by atoms with Crippen molar-refractivity contribution in [2.45, 2.75) is 53.0 Å². The van der Waals surface area contributed by atoms with Crippen LogP contribution < -0.4 is 4.90 Å². The molecule has 0 aliphatic carbocycles. The monoisotopic (exact) mass is 404 g/mol. The molecule has 2 aliphatic rings. The van der Waals surface area contributed by atoms with Gasteiger partial charge in [0.1, 0.15) is 11.6 Å². The number of ether oxygens (including phenoxy) is 2. The van der Waals surface area contributed by atoms with Crippen molar-refractivity contribution >= 4 is 17.8 Å². The number of rotatable bonds is 7. The highest BCUT2D eigenvalue weighted by Crippen LogP contribution is 2.30. The fourth-order valence-electron chi connectivity index (χ4n) is 4.10. The Bertz CT molecular complexity index is 732. The maximum atomic E-state index is 12.0. The number of carbonyl (C=O) groups is 2. The topological polar surface area (TPSA) is 84.9 Å². The molecule has 1 fully saturated rings. The molecule has 3 heterocycles. The lowest BCUT2D eigenvalue weighted by atomic mass is 9.96. The van der Waals surface area contributed by atoms with Crippen molar-refractivity contribution in [2.24, 2.45) is 5.92 Å². The number of aryl methyl sites for hydroxylation is 1. The second kappa shape index (κ2) is 10.0. The number of hydrogen-bond acceptors (Lipinski definition) is 8. The summed E-state index contributed by atoms with van der Waals surface area (Å²) in [6, 6.07) is 0. The van der Waals surface area contributed by atoms with Gasteiger partial charge in [-0.15, -0.1) is 0 Å². The molecule has 160 valence electrons. The average molecular weight is 405 g/mol. The SMILES string of the molecule is CCOC(=O)CCN1CCc2nc(C)nc(N3CCC(C(=O)OCC)CC3)c2C1. The summed E-state index contributed by atoms with van der Waals surface area (Å²) in [4.78, 5) is 37.7. The van der Waals surface area contributed by atoms with Gasteiger partial charge in [0.2, 0.25) is 0 Å². The van der Waals surface area contributed by atoms with E-state index < -0.39 is 0 Å². The van der Waals surface area contributed by atoms with E-state index in [4.69, 9.17) is 14.5 Å². The number of aromatic nitrogens is 2. The second-order valence-corrected chi connectivity index (χ2v) is 7.61. The first-order valence-corrected chi connectivity index (χ1v) is 10.7. The van der Waals surface area contributed by atoms with Crippen molar-refractivity contribution in [1.29, 1.82) is 0 Å². The maximum Gasteiger partial charge on any atom is 0.309 e. The lowest BCUT2D eigenvalue weighted by Gasteiger charge is -2.36. The van der Waals surface area contributed by atoms with Crippen LogP contribution in [0, 0.1) is 12.8 Å². The molecule has 1 saturated heterocycles. The van der Waals surface area contributed by atoms with Crippen LogP contribution in [0.15, 0.2) is 0 Å². The Hall–Kier alpha value is -2.22. The van der Waals surface area contributed by atoms with Crippen molar-refractivity contribution in [3.8, 4) is 0 Å².